The van der Waals surface area contributed by atoms with Crippen molar-refractivity contribution in [2.45, 2.75) is 36.3 Å². The fraction of sp³-hybridized carbons (Fsp3) is 0.688. The maximum absolute atomic E-state index is 12.7. The van der Waals surface area contributed by atoms with Gasteiger partial charge in [0.1, 0.15) is 4.21 Å². The highest BCUT2D eigenvalue weighted by atomic mass is 32.2. The number of carbonyl (C=O) groups is 1. The summed E-state index contributed by atoms with van der Waals surface area (Å²) in [5, 5.41) is 0. The summed E-state index contributed by atoms with van der Waals surface area (Å²) >= 11 is 1.23. The predicted octanol–water partition coefficient (Wildman–Crippen LogP) is 1.27. The fourth-order valence-corrected chi connectivity index (χ4v) is 6.35. The standard InChI is InChI=1S/C16H25N3O3S2/c17-11-13-6-9-18(12-13)15(20)10-14-4-5-16(23-14)24(21,22)19-7-2-1-3-8-19/h4-5,13H,1-3,6-12,17H2. The molecule has 134 valence electrons. The van der Waals surface area contributed by atoms with Gasteiger partial charge in [0, 0.05) is 31.1 Å². The van der Waals surface area contributed by atoms with E-state index in [0.717, 1.165) is 43.6 Å². The Bertz CT molecular complexity index is 680. The van der Waals surface area contributed by atoms with Gasteiger partial charge in [-0.05, 0) is 43.9 Å². The van der Waals surface area contributed by atoms with Crippen LogP contribution in [0.2, 0.25) is 0 Å². The van der Waals surface area contributed by atoms with E-state index in [-0.39, 0.29) is 12.3 Å². The van der Waals surface area contributed by atoms with Gasteiger partial charge in [-0.15, -0.1) is 11.3 Å². The molecule has 2 aliphatic rings. The molecule has 2 N–H and O–H groups in total. The summed E-state index contributed by atoms with van der Waals surface area (Å²) < 4.78 is 27.2. The Hall–Kier alpha value is -0.960. The van der Waals surface area contributed by atoms with E-state index in [4.69, 9.17) is 5.73 Å². The van der Waals surface area contributed by atoms with Crippen LogP contribution in [-0.4, -0.2) is 56.3 Å². The van der Waals surface area contributed by atoms with Crippen LogP contribution < -0.4 is 5.73 Å². The predicted molar refractivity (Wildman–Crippen MR) is 94.4 cm³/mol. The number of piperidine rings is 1. The zero-order chi connectivity index (χ0) is 17.2. The molecule has 2 saturated heterocycles. The van der Waals surface area contributed by atoms with Crippen molar-refractivity contribution in [2.24, 2.45) is 11.7 Å². The number of hydrogen-bond acceptors (Lipinski definition) is 5. The van der Waals surface area contributed by atoms with Crippen molar-refractivity contribution in [3.8, 4) is 0 Å². The summed E-state index contributed by atoms with van der Waals surface area (Å²) in [6, 6.07) is 3.42. The number of thiophene rings is 1. The minimum Gasteiger partial charge on any atom is -0.342 e. The number of amides is 1. The second-order valence-electron chi connectivity index (χ2n) is 6.59. The third kappa shape index (κ3) is 3.82. The molecule has 6 nitrogen and oxygen atoms in total. The highest BCUT2D eigenvalue weighted by molar-refractivity contribution is 7.91. The molecule has 1 aromatic rings. The number of nitrogens with two attached hydrogens (primary N) is 1. The first-order valence-electron chi connectivity index (χ1n) is 8.57. The lowest BCUT2D eigenvalue weighted by atomic mass is 10.1. The van der Waals surface area contributed by atoms with Crippen molar-refractivity contribution in [1.82, 2.24) is 9.21 Å². The number of nitrogens with zero attached hydrogens (tertiary/aromatic N) is 2. The van der Waals surface area contributed by atoms with Crippen molar-refractivity contribution < 1.29 is 13.2 Å². The Labute approximate surface area is 147 Å². The zero-order valence-electron chi connectivity index (χ0n) is 13.8. The van der Waals surface area contributed by atoms with Crippen LogP contribution in [0.4, 0.5) is 0 Å². The molecule has 3 heterocycles. The Morgan fingerprint density at radius 2 is 1.96 bits per heavy atom. The van der Waals surface area contributed by atoms with Crippen LogP contribution in [0, 0.1) is 5.92 Å². The number of rotatable bonds is 5. The van der Waals surface area contributed by atoms with E-state index in [1.165, 1.54) is 11.3 Å². The van der Waals surface area contributed by atoms with Gasteiger partial charge in [-0.1, -0.05) is 6.42 Å². The Balaban J connectivity index is 1.64. The second-order valence-corrected chi connectivity index (χ2v) is 9.93. The molecule has 1 unspecified atom stereocenters. The molecule has 1 aromatic heterocycles. The molecule has 2 aliphatic heterocycles. The molecule has 2 fully saturated rings. The van der Waals surface area contributed by atoms with E-state index in [9.17, 15) is 13.2 Å². The SMILES string of the molecule is NCC1CCN(C(=O)Cc2ccc(S(=O)(=O)N3CCCCC3)s2)C1. The molecule has 8 heteroatoms. The maximum Gasteiger partial charge on any atom is 0.252 e. The second kappa shape index (κ2) is 7.51. The van der Waals surface area contributed by atoms with Gasteiger partial charge in [0.15, 0.2) is 0 Å². The third-order valence-electron chi connectivity index (χ3n) is 4.84. The van der Waals surface area contributed by atoms with Gasteiger partial charge >= 0.3 is 0 Å². The van der Waals surface area contributed by atoms with E-state index in [0.29, 0.717) is 29.8 Å². The lowest BCUT2D eigenvalue weighted by Gasteiger charge is -2.25. The quantitative estimate of drug-likeness (QED) is 0.845. The molecule has 0 bridgehead atoms. The smallest absolute Gasteiger partial charge is 0.252 e. The maximum atomic E-state index is 12.7. The molecule has 24 heavy (non-hydrogen) atoms. The number of sulfonamides is 1. The van der Waals surface area contributed by atoms with Crippen LogP contribution in [0.1, 0.15) is 30.6 Å². The van der Waals surface area contributed by atoms with Crippen LogP contribution in [0.3, 0.4) is 0 Å². The first-order chi connectivity index (χ1) is 11.5. The molecule has 0 spiro atoms. The number of likely N-dealkylation sites (tertiary alicyclic amines) is 1. The lowest BCUT2D eigenvalue weighted by molar-refractivity contribution is -0.129. The van der Waals surface area contributed by atoms with E-state index in [1.807, 2.05) is 4.90 Å². The van der Waals surface area contributed by atoms with Crippen LogP contribution >= 0.6 is 11.3 Å². The van der Waals surface area contributed by atoms with E-state index in [1.54, 1.807) is 16.4 Å². The summed E-state index contributed by atoms with van der Waals surface area (Å²) in [6.45, 7) is 3.29. The van der Waals surface area contributed by atoms with Gasteiger partial charge < -0.3 is 10.6 Å². The van der Waals surface area contributed by atoms with Crippen molar-refractivity contribution >= 4 is 27.3 Å². The van der Waals surface area contributed by atoms with Gasteiger partial charge in [-0.3, -0.25) is 4.79 Å². The van der Waals surface area contributed by atoms with Gasteiger partial charge in [-0.2, -0.15) is 4.31 Å². The van der Waals surface area contributed by atoms with Crippen LogP contribution in [0.5, 0.6) is 0 Å². The van der Waals surface area contributed by atoms with Gasteiger partial charge in [-0.25, -0.2) is 8.42 Å². The van der Waals surface area contributed by atoms with Crippen molar-refractivity contribution in [2.75, 3.05) is 32.7 Å². The number of carbonyl (C=O) groups excluding carboxylic acids is 1. The first-order valence-corrected chi connectivity index (χ1v) is 10.8. The largest absolute Gasteiger partial charge is 0.342 e. The summed E-state index contributed by atoms with van der Waals surface area (Å²) in [5.74, 6) is 0.460. The van der Waals surface area contributed by atoms with Gasteiger partial charge in [0.25, 0.3) is 10.0 Å². The zero-order valence-corrected chi connectivity index (χ0v) is 15.4. The van der Waals surface area contributed by atoms with Crippen molar-refractivity contribution in [3.63, 3.8) is 0 Å². The van der Waals surface area contributed by atoms with Crippen LogP contribution in [0.15, 0.2) is 16.3 Å². The first kappa shape index (κ1) is 17.8. The number of hydrogen-bond donors (Lipinski definition) is 1. The third-order valence-corrected chi connectivity index (χ3v) is 8.29. The molecule has 1 atom stereocenters. The van der Waals surface area contributed by atoms with E-state index in [2.05, 4.69) is 0 Å². The topological polar surface area (TPSA) is 83.7 Å². The van der Waals surface area contributed by atoms with Crippen LogP contribution in [-0.2, 0) is 21.2 Å². The monoisotopic (exact) mass is 371 g/mol. The highest BCUT2D eigenvalue weighted by Gasteiger charge is 2.29. The Kier molecular flexibility index (Phi) is 5.59. The van der Waals surface area contributed by atoms with Crippen molar-refractivity contribution in [1.29, 1.82) is 0 Å². The van der Waals surface area contributed by atoms with Gasteiger partial charge in [0.2, 0.25) is 5.91 Å². The summed E-state index contributed by atoms with van der Waals surface area (Å²) in [5.41, 5.74) is 5.66. The van der Waals surface area contributed by atoms with E-state index < -0.39 is 10.0 Å². The average molecular weight is 372 g/mol. The fourth-order valence-electron chi connectivity index (χ4n) is 3.34. The minimum absolute atomic E-state index is 0.0646. The van der Waals surface area contributed by atoms with E-state index >= 15 is 0 Å². The minimum atomic E-state index is -3.40. The Morgan fingerprint density at radius 1 is 1.21 bits per heavy atom. The van der Waals surface area contributed by atoms with Crippen LogP contribution in [0.25, 0.3) is 0 Å². The molecule has 0 aliphatic carbocycles. The lowest BCUT2D eigenvalue weighted by Crippen LogP contribution is -2.35. The summed E-state index contributed by atoms with van der Waals surface area (Å²) in [6.07, 6.45) is 4.18. The molecule has 0 aromatic carbocycles. The molecule has 0 saturated carbocycles. The Morgan fingerprint density at radius 3 is 2.62 bits per heavy atom. The van der Waals surface area contributed by atoms with Gasteiger partial charge in [0.05, 0.1) is 6.42 Å². The molecular weight excluding hydrogens is 346 g/mol. The average Bonchev–Trinajstić information content (AvgIpc) is 3.25. The molecule has 3 rings (SSSR count). The summed E-state index contributed by atoms with van der Waals surface area (Å²) in [4.78, 5) is 15.0. The highest BCUT2D eigenvalue weighted by Crippen LogP contribution is 2.28. The molecule has 0 radical (unpaired) electrons. The molecule has 1 amide bonds. The van der Waals surface area contributed by atoms with Crippen molar-refractivity contribution in [3.05, 3.63) is 17.0 Å². The molecular formula is C16H25N3O3S2. The summed E-state index contributed by atoms with van der Waals surface area (Å²) in [7, 11) is -3.40. The normalized spacial score (nSPS) is 22.9.